The molecular formula is C41H71O12P. The molecule has 0 unspecified atom stereocenters. The number of phosphoric ester groups is 1. The molecule has 1 aliphatic carbocycles. The zero-order valence-electron chi connectivity index (χ0n) is 32.9. The van der Waals surface area contributed by atoms with Crippen molar-refractivity contribution in [3.63, 3.8) is 0 Å². The molecule has 5 N–H and O–H groups in total. The summed E-state index contributed by atoms with van der Waals surface area (Å²) >= 11 is 0. The molecule has 0 radical (unpaired) electrons. The smallest absolute Gasteiger partial charge is 0.462 e. The Labute approximate surface area is 324 Å². The summed E-state index contributed by atoms with van der Waals surface area (Å²) < 4.78 is 26.3. The SMILES string of the molecule is CCCCC/C=C\C/C=C\CCCCCCCC(=O)OC[C@H](COP(=O)(O)O)OC(=O)CCCCC(=O)C[C@@H]1[C@@H](/C=C/[C@@H](O)CCCCC)[C@H](O)C[C@@H]1O. The lowest BCUT2D eigenvalue weighted by Crippen LogP contribution is -2.29. The second-order valence-corrected chi connectivity index (χ2v) is 15.8. The molecule has 0 aromatic heterocycles. The van der Waals surface area contributed by atoms with Crippen LogP contribution in [0.3, 0.4) is 0 Å². The molecule has 1 saturated carbocycles. The Kier molecular flexibility index (Phi) is 28.6. The summed E-state index contributed by atoms with van der Waals surface area (Å²) in [4.78, 5) is 55.8. The van der Waals surface area contributed by atoms with Crippen molar-refractivity contribution in [3.05, 3.63) is 36.5 Å². The molecule has 0 spiro atoms. The van der Waals surface area contributed by atoms with Crippen LogP contribution in [0, 0.1) is 11.8 Å². The van der Waals surface area contributed by atoms with Gasteiger partial charge in [-0.05, 0) is 57.8 Å². The summed E-state index contributed by atoms with van der Waals surface area (Å²) in [5, 5.41) is 31.2. The number of ketones is 1. The van der Waals surface area contributed by atoms with Crippen LogP contribution in [0.5, 0.6) is 0 Å². The topological polar surface area (TPSA) is 197 Å². The van der Waals surface area contributed by atoms with Gasteiger partial charge in [-0.3, -0.25) is 18.9 Å². The molecule has 0 heterocycles. The van der Waals surface area contributed by atoms with Gasteiger partial charge in [0.25, 0.3) is 0 Å². The number of carbonyl (C=O) groups is 3. The summed E-state index contributed by atoms with van der Waals surface area (Å²) in [5.74, 6) is -2.22. The molecule has 1 fully saturated rings. The number of carbonyl (C=O) groups excluding carboxylic acids is 3. The van der Waals surface area contributed by atoms with Gasteiger partial charge < -0.3 is 34.6 Å². The van der Waals surface area contributed by atoms with Gasteiger partial charge in [0.05, 0.1) is 24.9 Å². The van der Waals surface area contributed by atoms with Gasteiger partial charge in [-0.1, -0.05) is 102 Å². The fourth-order valence-corrected chi connectivity index (χ4v) is 6.82. The number of rotatable bonds is 33. The number of ether oxygens (including phenoxy) is 2. The maximum absolute atomic E-state index is 12.8. The summed E-state index contributed by atoms with van der Waals surface area (Å²) in [6.45, 7) is 3.21. The van der Waals surface area contributed by atoms with Crippen molar-refractivity contribution in [2.75, 3.05) is 13.2 Å². The number of unbranched alkanes of at least 4 members (excludes halogenated alkanes) is 11. The standard InChI is InChI=1S/C41H71O12P/c1-3-5-7-8-9-10-11-12-13-14-15-16-17-18-20-25-40(46)51-31-35(32-52-54(48,49)50)53-41(47)26-22-21-24-34(43)29-37-36(38(44)30-39(37)45)28-27-33(42)23-19-6-4-2/h9-10,12-13,27-28,33,35-39,42,44-45H,3-8,11,14-26,29-32H2,1-2H3,(H2,48,49,50)/b10-9-,13-12-,28-27+/t33-,35+,36+,37+,38+,39-/m0/s1. The number of allylic oxidation sites excluding steroid dienone is 4. The lowest BCUT2D eigenvalue weighted by atomic mass is 9.87. The normalized spacial score (nSPS) is 20.3. The Morgan fingerprint density at radius 1 is 0.741 bits per heavy atom. The van der Waals surface area contributed by atoms with Crippen molar-refractivity contribution >= 4 is 25.5 Å². The average molecular weight is 787 g/mol. The zero-order valence-corrected chi connectivity index (χ0v) is 33.8. The third-order valence-electron chi connectivity index (χ3n) is 9.61. The predicted molar refractivity (Wildman–Crippen MR) is 209 cm³/mol. The molecule has 0 aromatic carbocycles. The van der Waals surface area contributed by atoms with Gasteiger partial charge in [0.1, 0.15) is 12.4 Å². The summed E-state index contributed by atoms with van der Waals surface area (Å²) in [6, 6.07) is 0. The van der Waals surface area contributed by atoms with Crippen LogP contribution in [0.4, 0.5) is 0 Å². The van der Waals surface area contributed by atoms with Crippen molar-refractivity contribution < 1.29 is 58.1 Å². The minimum absolute atomic E-state index is 0.0614. The lowest BCUT2D eigenvalue weighted by Gasteiger charge is -2.20. The number of phosphoric acid groups is 1. The van der Waals surface area contributed by atoms with E-state index in [4.69, 9.17) is 19.3 Å². The number of hydrogen-bond donors (Lipinski definition) is 5. The van der Waals surface area contributed by atoms with Crippen LogP contribution in [0.25, 0.3) is 0 Å². The van der Waals surface area contributed by atoms with Gasteiger partial charge in [-0.25, -0.2) is 4.57 Å². The molecule has 0 aromatic rings. The molecule has 6 atom stereocenters. The highest BCUT2D eigenvalue weighted by atomic mass is 31.2. The Bertz CT molecular complexity index is 1150. The largest absolute Gasteiger partial charge is 0.469 e. The van der Waals surface area contributed by atoms with Crippen LogP contribution in [0.1, 0.15) is 155 Å². The minimum Gasteiger partial charge on any atom is -0.462 e. The molecule has 0 bridgehead atoms. The Hall–Kier alpha value is -2.18. The molecule has 0 saturated heterocycles. The predicted octanol–water partition coefficient (Wildman–Crippen LogP) is 7.74. The first-order valence-electron chi connectivity index (χ1n) is 20.5. The van der Waals surface area contributed by atoms with Crippen molar-refractivity contribution in [1.82, 2.24) is 0 Å². The number of hydrogen-bond acceptors (Lipinski definition) is 10. The van der Waals surface area contributed by atoms with E-state index in [2.05, 4.69) is 42.7 Å². The molecule has 1 aliphatic rings. The average Bonchev–Trinajstić information content (AvgIpc) is 3.38. The van der Waals surface area contributed by atoms with Crippen LogP contribution in [-0.4, -0.2) is 80.5 Å². The fourth-order valence-electron chi connectivity index (χ4n) is 6.46. The maximum Gasteiger partial charge on any atom is 0.469 e. The van der Waals surface area contributed by atoms with Gasteiger partial charge in [-0.2, -0.15) is 0 Å². The van der Waals surface area contributed by atoms with E-state index in [1.54, 1.807) is 12.2 Å². The van der Waals surface area contributed by atoms with Gasteiger partial charge in [-0.15, -0.1) is 0 Å². The van der Waals surface area contributed by atoms with Crippen molar-refractivity contribution in [3.8, 4) is 0 Å². The second-order valence-electron chi connectivity index (χ2n) is 14.6. The molecule has 54 heavy (non-hydrogen) atoms. The third-order valence-corrected chi connectivity index (χ3v) is 10.1. The number of aliphatic hydroxyl groups is 3. The van der Waals surface area contributed by atoms with E-state index >= 15 is 0 Å². The molecule has 13 heteroatoms. The summed E-state index contributed by atoms with van der Waals surface area (Å²) in [7, 11) is -4.86. The van der Waals surface area contributed by atoms with Gasteiger partial charge in [0, 0.05) is 43.9 Å². The first-order chi connectivity index (χ1) is 25.9. The quantitative estimate of drug-likeness (QED) is 0.0188. The maximum atomic E-state index is 12.8. The van der Waals surface area contributed by atoms with E-state index < -0.39 is 69.2 Å². The van der Waals surface area contributed by atoms with Crippen LogP contribution >= 0.6 is 7.82 Å². The molecule has 0 amide bonds. The van der Waals surface area contributed by atoms with Crippen molar-refractivity contribution in [1.29, 1.82) is 0 Å². The molecular weight excluding hydrogens is 715 g/mol. The van der Waals surface area contributed by atoms with E-state index in [0.29, 0.717) is 25.7 Å². The Morgan fingerprint density at radius 3 is 2.02 bits per heavy atom. The second kappa shape index (κ2) is 31.0. The van der Waals surface area contributed by atoms with Crippen LogP contribution in [0.15, 0.2) is 36.5 Å². The third kappa shape index (κ3) is 26.6. The number of aliphatic hydroxyl groups excluding tert-OH is 3. The van der Waals surface area contributed by atoms with Gasteiger partial charge >= 0.3 is 19.8 Å². The highest BCUT2D eigenvalue weighted by Gasteiger charge is 2.41. The minimum atomic E-state index is -4.86. The van der Waals surface area contributed by atoms with E-state index in [-0.39, 0.29) is 37.9 Å². The monoisotopic (exact) mass is 786 g/mol. The van der Waals surface area contributed by atoms with Gasteiger partial charge in [0.15, 0.2) is 6.10 Å². The first kappa shape index (κ1) is 49.8. The highest BCUT2D eigenvalue weighted by molar-refractivity contribution is 7.46. The summed E-state index contributed by atoms with van der Waals surface area (Å²) in [5.41, 5.74) is 0. The van der Waals surface area contributed by atoms with Gasteiger partial charge in [0.2, 0.25) is 0 Å². The zero-order chi connectivity index (χ0) is 40.0. The van der Waals surface area contributed by atoms with Crippen LogP contribution in [-0.2, 0) is 32.9 Å². The fraction of sp³-hybridized carbons (Fsp3) is 0.780. The highest BCUT2D eigenvalue weighted by Crippen LogP contribution is 2.37. The van der Waals surface area contributed by atoms with Crippen molar-refractivity contribution in [2.24, 2.45) is 11.8 Å². The lowest BCUT2D eigenvalue weighted by molar-refractivity contribution is -0.161. The van der Waals surface area contributed by atoms with Crippen molar-refractivity contribution in [2.45, 2.75) is 180 Å². The molecule has 12 nitrogen and oxygen atoms in total. The number of esters is 2. The Morgan fingerprint density at radius 2 is 1.33 bits per heavy atom. The molecule has 1 rings (SSSR count). The first-order valence-corrected chi connectivity index (χ1v) is 22.0. The van der Waals surface area contributed by atoms with Crippen LogP contribution in [0.2, 0.25) is 0 Å². The van der Waals surface area contributed by atoms with E-state index in [1.807, 2.05) is 0 Å². The Balaban J connectivity index is 2.35. The summed E-state index contributed by atoms with van der Waals surface area (Å²) in [6.07, 6.45) is 25.0. The molecule has 0 aliphatic heterocycles. The molecule has 312 valence electrons. The van der Waals surface area contributed by atoms with E-state index in [1.165, 1.54) is 19.3 Å². The number of Topliss-reactive ketones (excluding diaryl/α,β-unsaturated/α-hetero) is 1. The van der Waals surface area contributed by atoms with E-state index in [9.17, 15) is 34.3 Å². The van der Waals surface area contributed by atoms with E-state index in [0.717, 1.165) is 64.2 Å². The van der Waals surface area contributed by atoms with Crippen LogP contribution < -0.4 is 0 Å².